The number of halogens is 1. The minimum Gasteiger partial charge on any atom is -0.335 e. The maximum atomic E-state index is 12.6. The van der Waals surface area contributed by atoms with Gasteiger partial charge in [0.2, 0.25) is 11.0 Å². The molecule has 2 heterocycles. The van der Waals surface area contributed by atoms with Crippen LogP contribution < -0.4 is 10.6 Å². The Labute approximate surface area is 164 Å². The zero-order valence-electron chi connectivity index (χ0n) is 15.7. The molecule has 146 valence electrons. The van der Waals surface area contributed by atoms with Crippen LogP contribution in [-0.2, 0) is 16.9 Å². The van der Waals surface area contributed by atoms with Gasteiger partial charge in [-0.15, -0.1) is 0 Å². The molecule has 0 fully saturated rings. The van der Waals surface area contributed by atoms with Crippen molar-refractivity contribution in [2.24, 2.45) is 13.0 Å². The molecule has 0 saturated carbocycles. The number of hydrogen-bond donors (Lipinski definition) is 2. The molecule has 0 aliphatic rings. The van der Waals surface area contributed by atoms with Gasteiger partial charge in [-0.2, -0.15) is 10.1 Å². The molecule has 0 saturated heterocycles. The topological polar surface area (TPSA) is 102 Å². The Morgan fingerprint density at radius 1 is 1.44 bits per heavy atom. The number of nitrogens with zero attached hydrogens (tertiary/aromatic N) is 4. The number of sulfone groups is 1. The number of aryl methyl sites for hydroxylation is 1. The molecule has 27 heavy (non-hydrogen) atoms. The van der Waals surface area contributed by atoms with Gasteiger partial charge in [-0.25, -0.2) is 13.4 Å². The van der Waals surface area contributed by atoms with Gasteiger partial charge < -0.3 is 10.6 Å². The Balaban J connectivity index is 2.33. The van der Waals surface area contributed by atoms with E-state index < -0.39 is 9.84 Å². The van der Waals surface area contributed by atoms with E-state index >= 15 is 0 Å². The van der Waals surface area contributed by atoms with Crippen molar-refractivity contribution < 1.29 is 8.42 Å². The van der Waals surface area contributed by atoms with E-state index in [2.05, 4.69) is 32.3 Å². The summed E-state index contributed by atoms with van der Waals surface area (Å²) >= 11 is 6.16. The fourth-order valence-electron chi connectivity index (χ4n) is 2.21. The van der Waals surface area contributed by atoms with Gasteiger partial charge >= 0.3 is 0 Å². The highest BCUT2D eigenvalue weighted by molar-refractivity contribution is 7.91. The van der Waals surface area contributed by atoms with Crippen LogP contribution in [0.5, 0.6) is 0 Å². The smallest absolute Gasteiger partial charge is 0.228 e. The molecule has 2 N–H and O–H groups in total. The number of anilines is 3. The molecular weight excluding hydrogens is 388 g/mol. The highest BCUT2D eigenvalue weighted by atomic mass is 35.5. The van der Waals surface area contributed by atoms with Gasteiger partial charge in [-0.05, 0) is 18.9 Å². The van der Waals surface area contributed by atoms with Crippen LogP contribution in [0.1, 0.15) is 20.8 Å². The van der Waals surface area contributed by atoms with Crippen LogP contribution in [0.3, 0.4) is 0 Å². The van der Waals surface area contributed by atoms with Crippen molar-refractivity contribution in [1.29, 1.82) is 0 Å². The van der Waals surface area contributed by atoms with Crippen LogP contribution in [0.25, 0.3) is 0 Å². The number of hydrogen-bond acceptors (Lipinski definition) is 7. The Morgan fingerprint density at radius 2 is 2.15 bits per heavy atom. The third kappa shape index (κ3) is 5.80. The lowest BCUT2D eigenvalue weighted by molar-refractivity contribution is 0.575. The molecule has 8 nitrogen and oxygen atoms in total. The lowest BCUT2D eigenvalue weighted by atomic mass is 10.3. The summed E-state index contributed by atoms with van der Waals surface area (Å²) < 4.78 is 26.7. The van der Waals surface area contributed by atoms with Crippen molar-refractivity contribution in [2.75, 3.05) is 16.4 Å². The summed E-state index contributed by atoms with van der Waals surface area (Å²) in [5.41, 5.74) is 1.17. The van der Waals surface area contributed by atoms with E-state index in [9.17, 15) is 8.42 Å². The van der Waals surface area contributed by atoms with Gasteiger partial charge in [0.15, 0.2) is 15.7 Å². The van der Waals surface area contributed by atoms with Gasteiger partial charge in [0.05, 0.1) is 17.6 Å². The minimum atomic E-state index is -3.55. The molecule has 10 heteroatoms. The molecule has 0 bridgehead atoms. The average Bonchev–Trinajstić information content (AvgIpc) is 2.90. The molecule has 2 aromatic heterocycles. The van der Waals surface area contributed by atoms with E-state index in [1.807, 2.05) is 20.8 Å². The first-order valence-corrected chi connectivity index (χ1v) is 10.3. The monoisotopic (exact) mass is 410 g/mol. The van der Waals surface area contributed by atoms with Gasteiger partial charge in [-0.3, -0.25) is 4.68 Å². The highest BCUT2D eigenvalue weighted by Crippen LogP contribution is 2.28. The molecule has 0 radical (unpaired) electrons. The predicted molar refractivity (Wildman–Crippen MR) is 108 cm³/mol. The maximum absolute atomic E-state index is 12.6. The lowest BCUT2D eigenvalue weighted by Crippen LogP contribution is -2.14. The Morgan fingerprint density at radius 3 is 2.78 bits per heavy atom. The molecular formula is C17H23ClN6O2S. The SMILES string of the molecule is C=C(C)/C=C/Nc1ncc(Cl)c(Nc2cn(C)nc2S(=O)(=O)CC(C)C)n1. The van der Waals surface area contributed by atoms with Crippen molar-refractivity contribution in [3.63, 3.8) is 0 Å². The van der Waals surface area contributed by atoms with Crippen LogP contribution in [0, 0.1) is 5.92 Å². The summed E-state index contributed by atoms with van der Waals surface area (Å²) in [6.45, 7) is 9.30. The summed E-state index contributed by atoms with van der Waals surface area (Å²) in [4.78, 5) is 8.36. The van der Waals surface area contributed by atoms with Crippen molar-refractivity contribution >= 4 is 38.9 Å². The third-order valence-electron chi connectivity index (χ3n) is 3.22. The van der Waals surface area contributed by atoms with E-state index in [1.165, 1.54) is 10.9 Å². The summed E-state index contributed by atoms with van der Waals surface area (Å²) in [7, 11) is -1.90. The fraction of sp³-hybridized carbons (Fsp3) is 0.353. The Kier molecular flexibility index (Phi) is 6.61. The number of nitrogens with one attached hydrogen (secondary N) is 2. The zero-order valence-corrected chi connectivity index (χ0v) is 17.3. The second-order valence-electron chi connectivity index (χ2n) is 6.54. The van der Waals surface area contributed by atoms with Crippen LogP contribution in [-0.4, -0.2) is 33.9 Å². The van der Waals surface area contributed by atoms with E-state index in [0.717, 1.165) is 5.57 Å². The minimum absolute atomic E-state index is 0.00525. The predicted octanol–water partition coefficient (Wildman–Crippen LogP) is 3.54. The van der Waals surface area contributed by atoms with Crippen LogP contribution >= 0.6 is 11.6 Å². The fourth-order valence-corrected chi connectivity index (χ4v) is 4.08. The maximum Gasteiger partial charge on any atom is 0.228 e. The summed E-state index contributed by atoms with van der Waals surface area (Å²) in [5.74, 6) is 0.541. The molecule has 2 aromatic rings. The standard InChI is InChI=1S/C17H23ClN6O2S/c1-11(2)6-7-19-17-20-8-13(18)15(22-17)21-14-9-24(5)23-16(14)27(25,26)10-12(3)4/h6-9,12H,1,10H2,2-5H3,(H2,19,20,21,22)/b7-6+. The van der Waals surface area contributed by atoms with E-state index in [0.29, 0.717) is 11.6 Å². The molecule has 0 atom stereocenters. The Hall–Kier alpha value is -2.39. The Bertz CT molecular complexity index is 966. The van der Waals surface area contributed by atoms with Crippen LogP contribution in [0.15, 0.2) is 41.8 Å². The van der Waals surface area contributed by atoms with Crippen molar-refractivity contribution in [2.45, 2.75) is 25.8 Å². The quantitative estimate of drug-likeness (QED) is 0.641. The normalized spacial score (nSPS) is 11.9. The van der Waals surface area contributed by atoms with E-state index in [1.54, 1.807) is 25.5 Å². The summed E-state index contributed by atoms with van der Waals surface area (Å²) in [6, 6.07) is 0. The number of rotatable bonds is 8. The van der Waals surface area contributed by atoms with Gasteiger partial charge in [0.25, 0.3) is 0 Å². The number of aromatic nitrogens is 4. The first-order chi connectivity index (χ1) is 12.6. The second kappa shape index (κ2) is 8.53. The summed E-state index contributed by atoms with van der Waals surface area (Å²) in [6.07, 6.45) is 6.41. The molecule has 0 amide bonds. The molecule has 0 aromatic carbocycles. The largest absolute Gasteiger partial charge is 0.335 e. The first-order valence-electron chi connectivity index (χ1n) is 8.23. The van der Waals surface area contributed by atoms with Crippen LogP contribution in [0.4, 0.5) is 17.5 Å². The highest BCUT2D eigenvalue weighted by Gasteiger charge is 2.25. The van der Waals surface area contributed by atoms with Crippen LogP contribution in [0.2, 0.25) is 5.02 Å². The zero-order chi connectivity index (χ0) is 20.2. The van der Waals surface area contributed by atoms with Crippen molar-refractivity contribution in [1.82, 2.24) is 19.7 Å². The lowest BCUT2D eigenvalue weighted by Gasteiger charge is -2.10. The van der Waals surface area contributed by atoms with Gasteiger partial charge in [0.1, 0.15) is 5.02 Å². The van der Waals surface area contributed by atoms with Crippen molar-refractivity contribution in [3.8, 4) is 0 Å². The molecule has 0 unspecified atom stereocenters. The van der Waals surface area contributed by atoms with E-state index in [4.69, 9.17) is 11.6 Å². The van der Waals surface area contributed by atoms with E-state index in [-0.39, 0.29) is 27.5 Å². The second-order valence-corrected chi connectivity index (χ2v) is 8.89. The molecule has 0 aliphatic heterocycles. The number of allylic oxidation sites excluding steroid dienone is 2. The first kappa shape index (κ1) is 20.9. The van der Waals surface area contributed by atoms with Crippen molar-refractivity contribution in [3.05, 3.63) is 41.8 Å². The third-order valence-corrected chi connectivity index (χ3v) is 5.49. The van der Waals surface area contributed by atoms with Gasteiger partial charge in [0, 0.05) is 19.4 Å². The molecule has 0 aliphatic carbocycles. The summed E-state index contributed by atoms with van der Waals surface area (Å²) in [5, 5.41) is 10.2. The van der Waals surface area contributed by atoms with Gasteiger partial charge in [-0.1, -0.05) is 37.6 Å². The molecule has 0 spiro atoms. The average molecular weight is 411 g/mol. The molecule has 2 rings (SSSR count).